The summed E-state index contributed by atoms with van der Waals surface area (Å²) in [7, 11) is 0. The average molecular weight is 315 g/mol. The zero-order valence-electron chi connectivity index (χ0n) is 14.3. The van der Waals surface area contributed by atoms with Crippen molar-refractivity contribution < 1.29 is 0 Å². The summed E-state index contributed by atoms with van der Waals surface area (Å²) >= 11 is 0. The molecule has 0 spiro atoms. The van der Waals surface area contributed by atoms with Gasteiger partial charge in [-0.25, -0.2) is 9.97 Å². The Hall–Kier alpha value is -2.68. The summed E-state index contributed by atoms with van der Waals surface area (Å²) in [6.07, 6.45) is 4.93. The Morgan fingerprint density at radius 3 is 2.54 bits per heavy atom. The summed E-state index contributed by atoms with van der Waals surface area (Å²) < 4.78 is 2.10. The highest BCUT2D eigenvalue weighted by Crippen LogP contribution is 2.35. The van der Waals surface area contributed by atoms with Gasteiger partial charge in [0.05, 0.1) is 5.52 Å². The molecule has 0 saturated heterocycles. The Balaban J connectivity index is 2.12. The van der Waals surface area contributed by atoms with Crippen LogP contribution in [0.15, 0.2) is 60.9 Å². The van der Waals surface area contributed by atoms with E-state index in [-0.39, 0.29) is 5.41 Å². The summed E-state index contributed by atoms with van der Waals surface area (Å²) in [5, 5.41) is 1.16. The molecule has 3 heteroatoms. The van der Waals surface area contributed by atoms with Gasteiger partial charge in [-0.15, -0.1) is 0 Å². The van der Waals surface area contributed by atoms with Gasteiger partial charge in [0, 0.05) is 23.3 Å². The van der Waals surface area contributed by atoms with Crippen LogP contribution >= 0.6 is 0 Å². The zero-order chi connectivity index (χ0) is 16.7. The van der Waals surface area contributed by atoms with Crippen molar-refractivity contribution in [2.24, 2.45) is 0 Å². The fraction of sp³-hybridized carbons (Fsp3) is 0.238. The van der Waals surface area contributed by atoms with E-state index in [2.05, 4.69) is 60.5 Å². The highest BCUT2D eigenvalue weighted by Gasteiger charge is 2.23. The van der Waals surface area contributed by atoms with E-state index in [0.29, 0.717) is 0 Å². The molecule has 0 aliphatic rings. The van der Waals surface area contributed by atoms with Gasteiger partial charge in [0.2, 0.25) is 0 Å². The molecular weight excluding hydrogens is 294 g/mol. The Labute approximate surface area is 142 Å². The maximum atomic E-state index is 4.98. The van der Waals surface area contributed by atoms with E-state index in [1.807, 2.05) is 30.6 Å². The van der Waals surface area contributed by atoms with Crippen LogP contribution in [0.5, 0.6) is 0 Å². The van der Waals surface area contributed by atoms with Crippen LogP contribution in [0.25, 0.3) is 27.9 Å². The first-order valence-corrected chi connectivity index (χ1v) is 8.43. The molecule has 2 aromatic carbocycles. The summed E-state index contributed by atoms with van der Waals surface area (Å²) in [4.78, 5) is 9.64. The SMILES string of the molecule is CCC(C)(C)c1cccc2nc(-c3ccccc3)n3ccnc3c12. The molecule has 3 nitrogen and oxygen atoms in total. The Morgan fingerprint density at radius 2 is 1.79 bits per heavy atom. The van der Waals surface area contributed by atoms with E-state index in [1.165, 1.54) is 5.56 Å². The number of nitrogens with zero attached hydrogens (tertiary/aromatic N) is 3. The minimum Gasteiger partial charge on any atom is -0.283 e. The molecule has 2 aromatic heterocycles. The van der Waals surface area contributed by atoms with Gasteiger partial charge >= 0.3 is 0 Å². The second kappa shape index (κ2) is 5.45. The second-order valence-electron chi connectivity index (χ2n) is 6.86. The predicted octanol–water partition coefficient (Wildman–Crippen LogP) is 5.24. The van der Waals surface area contributed by atoms with Crippen molar-refractivity contribution in [3.05, 3.63) is 66.5 Å². The first kappa shape index (κ1) is 14.9. The molecule has 0 unspecified atom stereocenters. The third-order valence-corrected chi connectivity index (χ3v) is 5.01. The first-order valence-electron chi connectivity index (χ1n) is 8.43. The fourth-order valence-electron chi connectivity index (χ4n) is 3.24. The van der Waals surface area contributed by atoms with Gasteiger partial charge in [-0.3, -0.25) is 4.40 Å². The van der Waals surface area contributed by atoms with Crippen LogP contribution < -0.4 is 0 Å². The lowest BCUT2D eigenvalue weighted by Crippen LogP contribution is -2.16. The molecule has 0 amide bonds. The number of hydrogen-bond donors (Lipinski definition) is 0. The molecule has 0 fully saturated rings. The number of imidazole rings is 1. The third-order valence-electron chi connectivity index (χ3n) is 5.01. The lowest BCUT2D eigenvalue weighted by Gasteiger charge is -2.25. The van der Waals surface area contributed by atoms with Crippen LogP contribution in [0.2, 0.25) is 0 Å². The molecule has 0 atom stereocenters. The quantitative estimate of drug-likeness (QED) is 0.518. The number of benzene rings is 2. The largest absolute Gasteiger partial charge is 0.283 e. The fourth-order valence-corrected chi connectivity index (χ4v) is 3.24. The third kappa shape index (κ3) is 2.20. The minimum atomic E-state index is 0.0852. The second-order valence-corrected chi connectivity index (χ2v) is 6.86. The Bertz CT molecular complexity index is 1010. The van der Waals surface area contributed by atoms with Crippen LogP contribution in [-0.4, -0.2) is 14.4 Å². The maximum Gasteiger partial charge on any atom is 0.148 e. The number of rotatable bonds is 3. The summed E-state index contributed by atoms with van der Waals surface area (Å²) in [6, 6.07) is 16.7. The van der Waals surface area contributed by atoms with Crippen LogP contribution in [-0.2, 0) is 5.41 Å². The van der Waals surface area contributed by atoms with E-state index in [4.69, 9.17) is 4.98 Å². The first-order chi connectivity index (χ1) is 11.6. The van der Waals surface area contributed by atoms with Gasteiger partial charge in [-0.1, -0.05) is 63.2 Å². The topological polar surface area (TPSA) is 30.2 Å². The van der Waals surface area contributed by atoms with Gasteiger partial charge in [-0.05, 0) is 23.5 Å². The minimum absolute atomic E-state index is 0.0852. The molecule has 120 valence electrons. The summed E-state index contributed by atoms with van der Waals surface area (Å²) in [6.45, 7) is 6.80. The van der Waals surface area contributed by atoms with Crippen molar-refractivity contribution in [3.63, 3.8) is 0 Å². The van der Waals surface area contributed by atoms with Gasteiger partial charge < -0.3 is 0 Å². The molecular formula is C21H21N3. The molecule has 4 aromatic rings. The molecule has 0 saturated carbocycles. The average Bonchev–Trinajstić information content (AvgIpc) is 3.11. The normalized spacial score (nSPS) is 12.1. The molecule has 0 bridgehead atoms. The number of aromatic nitrogens is 3. The van der Waals surface area contributed by atoms with Gasteiger partial charge in [0.1, 0.15) is 11.5 Å². The highest BCUT2D eigenvalue weighted by molar-refractivity contribution is 5.96. The van der Waals surface area contributed by atoms with Crippen molar-refractivity contribution in [1.29, 1.82) is 0 Å². The monoisotopic (exact) mass is 315 g/mol. The maximum absolute atomic E-state index is 4.98. The van der Waals surface area contributed by atoms with Crippen molar-refractivity contribution in [1.82, 2.24) is 14.4 Å². The molecule has 24 heavy (non-hydrogen) atoms. The van der Waals surface area contributed by atoms with Gasteiger partial charge in [0.15, 0.2) is 0 Å². The van der Waals surface area contributed by atoms with Crippen molar-refractivity contribution >= 4 is 16.6 Å². The molecule has 0 N–H and O–H groups in total. The van der Waals surface area contributed by atoms with Crippen molar-refractivity contribution in [3.8, 4) is 11.4 Å². The molecule has 0 radical (unpaired) electrons. The Kier molecular flexibility index (Phi) is 3.38. The van der Waals surface area contributed by atoms with Crippen LogP contribution in [0.4, 0.5) is 0 Å². The van der Waals surface area contributed by atoms with E-state index < -0.39 is 0 Å². The van der Waals surface area contributed by atoms with Crippen LogP contribution in [0.3, 0.4) is 0 Å². The van der Waals surface area contributed by atoms with E-state index in [9.17, 15) is 0 Å². The Morgan fingerprint density at radius 1 is 1.00 bits per heavy atom. The van der Waals surface area contributed by atoms with Gasteiger partial charge in [0.25, 0.3) is 0 Å². The van der Waals surface area contributed by atoms with E-state index in [0.717, 1.165) is 34.4 Å². The molecule has 0 aliphatic carbocycles. The van der Waals surface area contributed by atoms with E-state index in [1.54, 1.807) is 0 Å². The zero-order valence-corrected chi connectivity index (χ0v) is 14.3. The van der Waals surface area contributed by atoms with E-state index >= 15 is 0 Å². The highest BCUT2D eigenvalue weighted by atomic mass is 15.1. The number of hydrogen-bond acceptors (Lipinski definition) is 2. The summed E-state index contributed by atoms with van der Waals surface area (Å²) in [5.41, 5.74) is 4.48. The van der Waals surface area contributed by atoms with Crippen molar-refractivity contribution in [2.75, 3.05) is 0 Å². The number of fused-ring (bicyclic) bond motifs is 3. The standard InChI is InChI=1S/C21H21N3/c1-4-21(2,3)16-11-8-12-17-18(16)20-22-13-14-24(20)19(23-17)15-9-6-5-7-10-15/h5-14H,4H2,1-3H3. The molecule has 0 aliphatic heterocycles. The lowest BCUT2D eigenvalue weighted by atomic mass is 9.80. The predicted molar refractivity (Wildman–Crippen MR) is 99.2 cm³/mol. The van der Waals surface area contributed by atoms with Crippen molar-refractivity contribution in [2.45, 2.75) is 32.6 Å². The van der Waals surface area contributed by atoms with Crippen LogP contribution in [0.1, 0.15) is 32.8 Å². The molecule has 4 rings (SSSR count). The smallest absolute Gasteiger partial charge is 0.148 e. The molecule has 2 heterocycles. The summed E-state index contributed by atoms with van der Waals surface area (Å²) in [5.74, 6) is 0.932. The lowest BCUT2D eigenvalue weighted by molar-refractivity contribution is 0.510. The van der Waals surface area contributed by atoms with Gasteiger partial charge in [-0.2, -0.15) is 0 Å². The van der Waals surface area contributed by atoms with Crippen LogP contribution in [0, 0.1) is 0 Å².